The van der Waals surface area contributed by atoms with Crippen LogP contribution in [0.5, 0.6) is 0 Å². The average Bonchev–Trinajstić information content (AvgIpc) is 2.89. The molecule has 0 aliphatic heterocycles. The Morgan fingerprint density at radius 2 is 2.00 bits per heavy atom. The minimum atomic E-state index is -0.589. The number of carbonyl (C=O) groups is 1. The Hall–Kier alpha value is -1.47. The molecular weight excluding hydrogens is 256 g/mol. The zero-order valence-electron chi connectivity index (χ0n) is 10.9. The van der Waals surface area contributed by atoms with Gasteiger partial charge in [-0.15, -0.1) is 11.8 Å². The molecule has 0 saturated heterocycles. The number of benzene rings is 1. The SMILES string of the molecule is N#CC1(NC(=O)CCSc2ccccc2)CCCC1. The molecule has 1 N–H and O–H groups in total. The van der Waals surface area contributed by atoms with Crippen molar-refractivity contribution in [3.8, 4) is 6.07 Å². The van der Waals surface area contributed by atoms with Crippen LogP contribution in [0.1, 0.15) is 32.1 Å². The molecule has 4 heteroatoms. The van der Waals surface area contributed by atoms with E-state index in [9.17, 15) is 10.1 Å². The van der Waals surface area contributed by atoms with Crippen LogP contribution in [0.15, 0.2) is 35.2 Å². The van der Waals surface area contributed by atoms with Crippen molar-refractivity contribution in [2.75, 3.05) is 5.75 Å². The van der Waals surface area contributed by atoms with Crippen molar-refractivity contribution in [2.24, 2.45) is 0 Å². The standard InChI is InChI=1S/C15H18N2OS/c16-12-15(9-4-5-10-15)17-14(18)8-11-19-13-6-2-1-3-7-13/h1-3,6-7H,4-5,8-11H2,(H,17,18). The average molecular weight is 274 g/mol. The highest BCUT2D eigenvalue weighted by molar-refractivity contribution is 7.99. The summed E-state index contributed by atoms with van der Waals surface area (Å²) < 4.78 is 0. The molecule has 0 radical (unpaired) electrons. The Bertz CT molecular complexity index is 461. The smallest absolute Gasteiger partial charge is 0.222 e. The molecule has 1 aliphatic carbocycles. The van der Waals surface area contributed by atoms with Gasteiger partial charge in [-0.25, -0.2) is 0 Å². The zero-order valence-corrected chi connectivity index (χ0v) is 11.7. The lowest BCUT2D eigenvalue weighted by Gasteiger charge is -2.21. The molecule has 0 unspecified atom stereocenters. The zero-order chi connectivity index (χ0) is 13.6. The predicted octanol–water partition coefficient (Wildman–Crippen LogP) is 3.12. The van der Waals surface area contributed by atoms with Gasteiger partial charge < -0.3 is 5.32 Å². The molecule has 1 saturated carbocycles. The molecule has 3 nitrogen and oxygen atoms in total. The summed E-state index contributed by atoms with van der Waals surface area (Å²) in [5.74, 6) is 0.740. The Kier molecular flexibility index (Phi) is 4.86. The minimum absolute atomic E-state index is 0.00752. The normalized spacial score (nSPS) is 16.8. The van der Waals surface area contributed by atoms with Crippen molar-refractivity contribution in [1.82, 2.24) is 5.32 Å². The molecule has 1 aliphatic rings. The topological polar surface area (TPSA) is 52.9 Å². The van der Waals surface area contributed by atoms with E-state index < -0.39 is 5.54 Å². The van der Waals surface area contributed by atoms with E-state index in [1.165, 1.54) is 4.90 Å². The second-order valence-corrected chi connectivity index (χ2v) is 6.03. The predicted molar refractivity (Wildman–Crippen MR) is 76.7 cm³/mol. The highest BCUT2D eigenvalue weighted by atomic mass is 32.2. The number of carbonyl (C=O) groups excluding carboxylic acids is 1. The lowest BCUT2D eigenvalue weighted by atomic mass is 10.00. The van der Waals surface area contributed by atoms with Gasteiger partial charge in [0.05, 0.1) is 6.07 Å². The van der Waals surface area contributed by atoms with Crippen molar-refractivity contribution in [3.05, 3.63) is 30.3 Å². The Morgan fingerprint density at radius 1 is 1.32 bits per heavy atom. The van der Waals surface area contributed by atoms with E-state index in [-0.39, 0.29) is 5.91 Å². The first-order valence-electron chi connectivity index (χ1n) is 6.64. The molecule has 19 heavy (non-hydrogen) atoms. The van der Waals surface area contributed by atoms with E-state index in [1.807, 2.05) is 30.3 Å². The molecule has 100 valence electrons. The van der Waals surface area contributed by atoms with Crippen LogP contribution in [0.25, 0.3) is 0 Å². The van der Waals surface area contributed by atoms with Gasteiger partial charge in [-0.1, -0.05) is 18.2 Å². The molecule has 1 aromatic carbocycles. The summed E-state index contributed by atoms with van der Waals surface area (Å²) in [6.45, 7) is 0. The summed E-state index contributed by atoms with van der Waals surface area (Å²) in [5.41, 5.74) is -0.589. The maximum absolute atomic E-state index is 11.9. The van der Waals surface area contributed by atoms with Crippen molar-refractivity contribution < 1.29 is 4.79 Å². The molecule has 0 bridgehead atoms. The summed E-state index contributed by atoms with van der Waals surface area (Å²) >= 11 is 1.67. The maximum atomic E-state index is 11.9. The van der Waals surface area contributed by atoms with Gasteiger partial charge in [0.1, 0.15) is 5.54 Å². The number of nitrogens with one attached hydrogen (secondary N) is 1. The third-order valence-corrected chi connectivity index (χ3v) is 4.40. The molecule has 1 amide bonds. The monoisotopic (exact) mass is 274 g/mol. The minimum Gasteiger partial charge on any atom is -0.338 e. The highest BCUT2D eigenvalue weighted by Gasteiger charge is 2.34. The second-order valence-electron chi connectivity index (χ2n) is 4.86. The first-order valence-corrected chi connectivity index (χ1v) is 7.63. The van der Waals surface area contributed by atoms with Crippen LogP contribution in [0.4, 0.5) is 0 Å². The number of hydrogen-bond donors (Lipinski definition) is 1. The summed E-state index contributed by atoms with van der Waals surface area (Å²) in [7, 11) is 0. The van der Waals surface area contributed by atoms with E-state index in [0.717, 1.165) is 31.4 Å². The Balaban J connectivity index is 1.75. The fraction of sp³-hybridized carbons (Fsp3) is 0.467. The van der Waals surface area contributed by atoms with Crippen LogP contribution in [-0.4, -0.2) is 17.2 Å². The number of amides is 1. The number of thioether (sulfide) groups is 1. The summed E-state index contributed by atoms with van der Waals surface area (Å²) in [6, 6.07) is 12.3. The van der Waals surface area contributed by atoms with Crippen LogP contribution < -0.4 is 5.32 Å². The first kappa shape index (κ1) is 14.0. The quantitative estimate of drug-likeness (QED) is 0.839. The molecule has 0 aromatic heterocycles. The molecule has 1 fully saturated rings. The van der Waals surface area contributed by atoms with Gasteiger partial charge in [0.25, 0.3) is 0 Å². The molecule has 2 rings (SSSR count). The van der Waals surface area contributed by atoms with E-state index in [4.69, 9.17) is 0 Å². The van der Waals surface area contributed by atoms with E-state index in [2.05, 4.69) is 11.4 Å². The summed E-state index contributed by atoms with van der Waals surface area (Å²) in [6.07, 6.45) is 4.12. The van der Waals surface area contributed by atoms with Gasteiger partial charge in [0.2, 0.25) is 5.91 Å². The Labute approximate surface area is 118 Å². The molecule has 0 heterocycles. The van der Waals surface area contributed by atoms with Gasteiger partial charge in [0.15, 0.2) is 0 Å². The van der Waals surface area contributed by atoms with Crippen molar-refractivity contribution >= 4 is 17.7 Å². The number of hydrogen-bond acceptors (Lipinski definition) is 3. The number of rotatable bonds is 5. The van der Waals surface area contributed by atoms with Gasteiger partial charge in [-0.2, -0.15) is 5.26 Å². The number of nitrogens with zero attached hydrogens (tertiary/aromatic N) is 1. The summed E-state index contributed by atoms with van der Waals surface area (Å²) in [5, 5.41) is 12.1. The van der Waals surface area contributed by atoms with Gasteiger partial charge >= 0.3 is 0 Å². The molecule has 1 aromatic rings. The maximum Gasteiger partial charge on any atom is 0.222 e. The molecule has 0 atom stereocenters. The molecular formula is C15H18N2OS. The first-order chi connectivity index (χ1) is 9.24. The largest absolute Gasteiger partial charge is 0.338 e. The fourth-order valence-corrected chi connectivity index (χ4v) is 3.22. The van der Waals surface area contributed by atoms with Crippen molar-refractivity contribution in [1.29, 1.82) is 5.26 Å². The van der Waals surface area contributed by atoms with E-state index >= 15 is 0 Å². The number of nitriles is 1. The van der Waals surface area contributed by atoms with Crippen LogP contribution in [0.3, 0.4) is 0 Å². The van der Waals surface area contributed by atoms with Gasteiger partial charge in [0, 0.05) is 17.1 Å². The van der Waals surface area contributed by atoms with Crippen LogP contribution in [0, 0.1) is 11.3 Å². The third kappa shape index (κ3) is 4.00. The van der Waals surface area contributed by atoms with E-state index in [0.29, 0.717) is 6.42 Å². The lowest BCUT2D eigenvalue weighted by molar-refractivity contribution is -0.122. The second kappa shape index (κ2) is 6.63. The third-order valence-electron chi connectivity index (χ3n) is 3.39. The van der Waals surface area contributed by atoms with Crippen LogP contribution in [0.2, 0.25) is 0 Å². The Morgan fingerprint density at radius 3 is 2.63 bits per heavy atom. The molecule has 0 spiro atoms. The highest BCUT2D eigenvalue weighted by Crippen LogP contribution is 2.29. The fourth-order valence-electron chi connectivity index (χ4n) is 2.35. The van der Waals surface area contributed by atoms with Crippen LogP contribution in [-0.2, 0) is 4.79 Å². The van der Waals surface area contributed by atoms with Gasteiger partial charge in [-0.05, 0) is 37.8 Å². The van der Waals surface area contributed by atoms with E-state index in [1.54, 1.807) is 11.8 Å². The van der Waals surface area contributed by atoms with Gasteiger partial charge in [-0.3, -0.25) is 4.79 Å². The van der Waals surface area contributed by atoms with Crippen molar-refractivity contribution in [3.63, 3.8) is 0 Å². The lowest BCUT2D eigenvalue weighted by Crippen LogP contribution is -2.45. The van der Waals surface area contributed by atoms with Crippen LogP contribution >= 0.6 is 11.8 Å². The summed E-state index contributed by atoms with van der Waals surface area (Å²) in [4.78, 5) is 13.1. The van der Waals surface area contributed by atoms with Crippen molar-refractivity contribution in [2.45, 2.75) is 42.5 Å².